The number of carboxylic acids is 1. The van der Waals surface area contributed by atoms with Crippen molar-refractivity contribution in [2.75, 3.05) is 0 Å². The zero-order chi connectivity index (χ0) is 29.1. The fourth-order valence-electron chi connectivity index (χ4n) is 5.25. The van der Waals surface area contributed by atoms with E-state index in [1.807, 2.05) is 25.1 Å². The lowest BCUT2D eigenvalue weighted by molar-refractivity contribution is -0.139. The van der Waals surface area contributed by atoms with Crippen LogP contribution < -0.4 is 5.69 Å². The number of hydrogen-bond acceptors (Lipinski definition) is 4. The van der Waals surface area contributed by atoms with Crippen molar-refractivity contribution in [3.05, 3.63) is 105 Å². The van der Waals surface area contributed by atoms with Gasteiger partial charge in [-0.3, -0.25) is 9.36 Å². The number of carbonyl (C=O) groups is 1. The van der Waals surface area contributed by atoms with Crippen LogP contribution >= 0.6 is 0 Å². The smallest absolute Gasteiger partial charge is 0.346 e. The van der Waals surface area contributed by atoms with Crippen molar-refractivity contribution in [1.29, 1.82) is 0 Å². The van der Waals surface area contributed by atoms with Gasteiger partial charge in [-0.2, -0.15) is 5.10 Å². The van der Waals surface area contributed by atoms with Crippen LogP contribution in [0.1, 0.15) is 82.0 Å². The van der Waals surface area contributed by atoms with Gasteiger partial charge in [0.05, 0.1) is 18.7 Å². The topological polar surface area (TPSA) is 97.3 Å². The van der Waals surface area contributed by atoms with Crippen LogP contribution in [0.3, 0.4) is 0 Å². The highest BCUT2D eigenvalue weighted by Gasteiger charge is 2.33. The summed E-state index contributed by atoms with van der Waals surface area (Å²) in [6, 6.07) is 16.6. The average Bonchev–Trinajstić information content (AvgIpc) is 3.19. The lowest BCUT2D eigenvalue weighted by Crippen LogP contribution is -2.25. The molecule has 7 nitrogen and oxygen atoms in total. The van der Waals surface area contributed by atoms with E-state index in [1.54, 1.807) is 22.2 Å². The SMILES string of the molecule is CCn1c(CCCc2cccc(C3=CCC(C)(CC(=O)O)C(O)=C3)c2)nn(Cc2ccc(C(C)(C)C)cc2)c1=O. The molecule has 0 saturated carbocycles. The molecule has 1 unspecified atom stereocenters. The van der Waals surface area contributed by atoms with Crippen LogP contribution in [-0.2, 0) is 36.1 Å². The normalized spacial score (nSPS) is 17.4. The van der Waals surface area contributed by atoms with Crippen LogP contribution in [0.25, 0.3) is 5.57 Å². The average molecular weight is 544 g/mol. The summed E-state index contributed by atoms with van der Waals surface area (Å²) >= 11 is 0. The van der Waals surface area contributed by atoms with E-state index in [0.717, 1.165) is 40.9 Å². The maximum Gasteiger partial charge on any atom is 0.346 e. The fourth-order valence-corrected chi connectivity index (χ4v) is 5.25. The van der Waals surface area contributed by atoms with Gasteiger partial charge in [0.15, 0.2) is 0 Å². The Morgan fingerprint density at radius 3 is 2.42 bits per heavy atom. The van der Waals surface area contributed by atoms with E-state index in [0.29, 0.717) is 25.9 Å². The first-order chi connectivity index (χ1) is 18.9. The van der Waals surface area contributed by atoms with Crippen LogP contribution in [-0.4, -0.2) is 30.5 Å². The molecule has 3 aromatic rings. The first-order valence-corrected chi connectivity index (χ1v) is 14.1. The number of carboxylic acid groups (broad SMARTS) is 1. The quantitative estimate of drug-likeness (QED) is 0.313. The lowest BCUT2D eigenvalue weighted by atomic mass is 9.76. The molecule has 0 radical (unpaired) electrons. The summed E-state index contributed by atoms with van der Waals surface area (Å²) in [7, 11) is 0. The highest BCUT2D eigenvalue weighted by atomic mass is 16.4. The molecule has 1 atom stereocenters. The number of aliphatic carboxylic acids is 1. The number of aromatic nitrogens is 3. The second-order valence-corrected chi connectivity index (χ2v) is 12.1. The minimum atomic E-state index is -0.922. The Morgan fingerprint density at radius 2 is 1.80 bits per heavy atom. The van der Waals surface area contributed by atoms with Gasteiger partial charge in [-0.05, 0) is 65.5 Å². The van der Waals surface area contributed by atoms with E-state index in [1.165, 1.54) is 5.56 Å². The Morgan fingerprint density at radius 1 is 1.07 bits per heavy atom. The van der Waals surface area contributed by atoms with Gasteiger partial charge in [-0.15, -0.1) is 0 Å². The third kappa shape index (κ3) is 6.64. The van der Waals surface area contributed by atoms with Crippen LogP contribution in [0.2, 0.25) is 0 Å². The Labute approximate surface area is 236 Å². The molecule has 0 spiro atoms. The molecule has 4 rings (SSSR count). The first-order valence-electron chi connectivity index (χ1n) is 14.1. The van der Waals surface area contributed by atoms with E-state index in [9.17, 15) is 19.8 Å². The molecule has 2 aromatic carbocycles. The van der Waals surface area contributed by atoms with Crippen molar-refractivity contribution >= 4 is 11.5 Å². The minimum Gasteiger partial charge on any atom is -0.512 e. The van der Waals surface area contributed by atoms with Crippen molar-refractivity contribution in [2.24, 2.45) is 5.41 Å². The molecule has 0 saturated heterocycles. The van der Waals surface area contributed by atoms with Crippen LogP contribution in [0, 0.1) is 5.41 Å². The minimum absolute atomic E-state index is 0.0786. The Kier molecular flexibility index (Phi) is 8.52. The van der Waals surface area contributed by atoms with Crippen molar-refractivity contribution in [3.8, 4) is 0 Å². The molecule has 2 N–H and O–H groups in total. The summed E-state index contributed by atoms with van der Waals surface area (Å²) in [5.74, 6) is -0.0130. The molecule has 0 amide bonds. The van der Waals surface area contributed by atoms with Gasteiger partial charge < -0.3 is 10.2 Å². The largest absolute Gasteiger partial charge is 0.512 e. The zero-order valence-electron chi connectivity index (χ0n) is 24.3. The second kappa shape index (κ2) is 11.7. The number of aliphatic hydroxyl groups excluding tert-OH is 1. The Bertz CT molecular complexity index is 1490. The Hall–Kier alpha value is -3.87. The van der Waals surface area contributed by atoms with E-state index in [4.69, 9.17) is 5.10 Å². The zero-order valence-corrected chi connectivity index (χ0v) is 24.3. The van der Waals surface area contributed by atoms with E-state index in [2.05, 4.69) is 57.2 Å². The molecule has 0 fully saturated rings. The molecule has 7 heteroatoms. The highest BCUT2D eigenvalue weighted by Crippen LogP contribution is 2.40. The summed E-state index contributed by atoms with van der Waals surface area (Å²) in [5, 5.41) is 24.5. The summed E-state index contributed by atoms with van der Waals surface area (Å²) in [4.78, 5) is 24.3. The van der Waals surface area contributed by atoms with Crippen LogP contribution in [0.15, 0.2) is 71.2 Å². The standard InChI is InChI=1S/C33H41N3O4/c1-6-35-29(34-36(31(35)40)22-24-13-15-27(16-14-24)32(2,3)4)12-8-10-23-9-7-11-25(19-23)26-17-18-33(5,21-30(38)39)28(37)20-26/h7,9,11,13-17,19-20,37H,6,8,10,12,18,21-22H2,1-5H3,(H,38,39). The summed E-state index contributed by atoms with van der Waals surface area (Å²) in [6.45, 7) is 11.3. The third-order valence-electron chi connectivity index (χ3n) is 7.82. The van der Waals surface area contributed by atoms with Gasteiger partial charge in [-0.1, -0.05) is 82.3 Å². The maximum atomic E-state index is 13.0. The summed E-state index contributed by atoms with van der Waals surface area (Å²) in [6.07, 6.45) is 6.42. The van der Waals surface area contributed by atoms with Gasteiger partial charge >= 0.3 is 11.7 Å². The van der Waals surface area contributed by atoms with Crippen molar-refractivity contribution < 1.29 is 15.0 Å². The lowest BCUT2D eigenvalue weighted by Gasteiger charge is -2.29. The molecule has 212 valence electrons. The number of aryl methyl sites for hydroxylation is 2. The van der Waals surface area contributed by atoms with Crippen molar-refractivity contribution in [1.82, 2.24) is 14.3 Å². The molecule has 0 bridgehead atoms. The molecule has 1 heterocycles. The monoisotopic (exact) mass is 543 g/mol. The third-order valence-corrected chi connectivity index (χ3v) is 7.82. The van der Waals surface area contributed by atoms with Crippen LogP contribution in [0.4, 0.5) is 0 Å². The van der Waals surface area contributed by atoms with Crippen molar-refractivity contribution in [2.45, 2.75) is 85.2 Å². The second-order valence-electron chi connectivity index (χ2n) is 12.1. The summed E-state index contributed by atoms with van der Waals surface area (Å²) < 4.78 is 3.33. The summed E-state index contributed by atoms with van der Waals surface area (Å²) in [5.41, 5.74) is 4.60. The predicted molar refractivity (Wildman–Crippen MR) is 159 cm³/mol. The fraction of sp³-hybridized carbons (Fsp3) is 0.424. The molecular formula is C33H41N3O4. The van der Waals surface area contributed by atoms with E-state index >= 15 is 0 Å². The number of hydrogen-bond donors (Lipinski definition) is 2. The van der Waals surface area contributed by atoms with Gasteiger partial charge in [0.25, 0.3) is 0 Å². The van der Waals surface area contributed by atoms with Crippen LogP contribution in [0.5, 0.6) is 0 Å². The number of aliphatic hydroxyl groups is 1. The van der Waals surface area contributed by atoms with Gasteiger partial charge in [0.1, 0.15) is 5.82 Å². The predicted octanol–water partition coefficient (Wildman–Crippen LogP) is 6.30. The van der Waals surface area contributed by atoms with E-state index in [-0.39, 0.29) is 23.3 Å². The number of allylic oxidation sites excluding steroid dienone is 4. The maximum absolute atomic E-state index is 13.0. The van der Waals surface area contributed by atoms with Gasteiger partial charge in [-0.25, -0.2) is 9.48 Å². The molecule has 1 aliphatic rings. The van der Waals surface area contributed by atoms with E-state index < -0.39 is 11.4 Å². The first kappa shape index (κ1) is 29.1. The molecule has 1 aliphatic carbocycles. The molecule has 1 aromatic heterocycles. The number of nitrogens with zero attached hydrogens (tertiary/aromatic N) is 3. The molecule has 40 heavy (non-hydrogen) atoms. The molecule has 0 aliphatic heterocycles. The number of benzene rings is 2. The highest BCUT2D eigenvalue weighted by molar-refractivity contribution is 5.77. The van der Waals surface area contributed by atoms with Gasteiger partial charge in [0, 0.05) is 18.4 Å². The molecular weight excluding hydrogens is 502 g/mol. The van der Waals surface area contributed by atoms with Crippen molar-refractivity contribution in [3.63, 3.8) is 0 Å². The Balaban J connectivity index is 1.41. The number of rotatable bonds is 10. The van der Waals surface area contributed by atoms with Gasteiger partial charge in [0.2, 0.25) is 0 Å².